The molecule has 1 aromatic rings. The number of aryl methyl sites for hydroxylation is 1. The molecule has 0 fully saturated rings. The molecule has 0 aliphatic rings. The Morgan fingerprint density at radius 3 is 2.65 bits per heavy atom. The van der Waals surface area contributed by atoms with E-state index in [0.717, 1.165) is 50.0 Å². The lowest BCUT2D eigenvalue weighted by molar-refractivity contribution is 0.108. The summed E-state index contributed by atoms with van der Waals surface area (Å²) >= 11 is 0. The average molecular weight is 321 g/mol. The van der Waals surface area contributed by atoms with E-state index in [4.69, 9.17) is 9.47 Å². The van der Waals surface area contributed by atoms with E-state index in [2.05, 4.69) is 41.6 Å². The second-order valence-corrected chi connectivity index (χ2v) is 5.98. The second kappa shape index (κ2) is 10.9. The van der Waals surface area contributed by atoms with Gasteiger partial charge in [-0.3, -0.25) is 4.99 Å². The van der Waals surface area contributed by atoms with E-state index in [0.29, 0.717) is 5.92 Å². The van der Waals surface area contributed by atoms with Gasteiger partial charge in [0.05, 0.1) is 7.11 Å². The highest BCUT2D eigenvalue weighted by molar-refractivity contribution is 5.79. The summed E-state index contributed by atoms with van der Waals surface area (Å²) < 4.78 is 10.8. The lowest BCUT2D eigenvalue weighted by Crippen LogP contribution is -2.37. The number of nitrogens with zero attached hydrogens (tertiary/aromatic N) is 1. The molecular formula is C18H31N3O2. The van der Waals surface area contributed by atoms with Gasteiger partial charge >= 0.3 is 0 Å². The monoisotopic (exact) mass is 321 g/mol. The van der Waals surface area contributed by atoms with Crippen LogP contribution >= 0.6 is 0 Å². The van der Waals surface area contributed by atoms with E-state index in [1.807, 2.05) is 13.0 Å². The van der Waals surface area contributed by atoms with E-state index in [1.165, 1.54) is 5.56 Å². The smallest absolute Gasteiger partial charge is 0.191 e. The van der Waals surface area contributed by atoms with Crippen LogP contribution in [0, 0.1) is 12.8 Å². The van der Waals surface area contributed by atoms with Gasteiger partial charge in [-0.25, -0.2) is 0 Å². The third-order valence-corrected chi connectivity index (χ3v) is 3.35. The van der Waals surface area contributed by atoms with Crippen molar-refractivity contribution in [3.63, 3.8) is 0 Å². The van der Waals surface area contributed by atoms with Gasteiger partial charge in [-0.15, -0.1) is 0 Å². The van der Waals surface area contributed by atoms with Crippen LogP contribution in [0.25, 0.3) is 0 Å². The summed E-state index contributed by atoms with van der Waals surface area (Å²) in [5.41, 5.74) is 2.34. The van der Waals surface area contributed by atoms with Crippen LogP contribution in [-0.4, -0.2) is 39.9 Å². The van der Waals surface area contributed by atoms with Crippen molar-refractivity contribution < 1.29 is 9.47 Å². The van der Waals surface area contributed by atoms with E-state index < -0.39 is 0 Å². The fourth-order valence-electron chi connectivity index (χ4n) is 2.16. The minimum absolute atomic E-state index is 0.588. The fourth-order valence-corrected chi connectivity index (χ4v) is 2.16. The van der Waals surface area contributed by atoms with Crippen LogP contribution < -0.4 is 15.4 Å². The number of hydrogen-bond acceptors (Lipinski definition) is 3. The molecule has 5 heteroatoms. The number of hydrogen-bond donors (Lipinski definition) is 2. The van der Waals surface area contributed by atoms with Crippen LogP contribution in [0.5, 0.6) is 5.75 Å². The van der Waals surface area contributed by atoms with Gasteiger partial charge in [0, 0.05) is 33.4 Å². The highest BCUT2D eigenvalue weighted by atomic mass is 16.5. The number of aliphatic imine (C=N–C) groups is 1. The number of methoxy groups -OCH3 is 1. The number of guanidine groups is 1. The first-order chi connectivity index (χ1) is 11.1. The summed E-state index contributed by atoms with van der Waals surface area (Å²) in [5, 5.41) is 6.62. The average Bonchev–Trinajstić information content (AvgIpc) is 2.53. The highest BCUT2D eigenvalue weighted by Crippen LogP contribution is 2.18. The maximum atomic E-state index is 5.56. The molecule has 0 radical (unpaired) electrons. The summed E-state index contributed by atoms with van der Waals surface area (Å²) in [6.07, 6.45) is 0.967. The molecule has 23 heavy (non-hydrogen) atoms. The quantitative estimate of drug-likeness (QED) is 0.417. The normalized spacial score (nSPS) is 11.7. The summed E-state index contributed by atoms with van der Waals surface area (Å²) in [6, 6.07) is 6.18. The molecule has 5 nitrogen and oxygen atoms in total. The van der Waals surface area contributed by atoms with Crippen molar-refractivity contribution >= 4 is 5.96 Å². The first-order valence-corrected chi connectivity index (χ1v) is 8.22. The zero-order valence-electron chi connectivity index (χ0n) is 15.1. The molecule has 0 bridgehead atoms. The zero-order valence-corrected chi connectivity index (χ0v) is 15.1. The van der Waals surface area contributed by atoms with Crippen LogP contribution in [0.15, 0.2) is 23.2 Å². The molecule has 0 aromatic heterocycles. The van der Waals surface area contributed by atoms with Gasteiger partial charge in [0.25, 0.3) is 0 Å². The Labute approximate surface area is 140 Å². The number of rotatable bonds is 9. The standard InChI is InChI=1S/C18H31N3O2/c1-14(2)13-23-10-6-9-20-18(19-4)21-12-16-7-8-17(22-5)15(3)11-16/h7-8,11,14H,6,9-10,12-13H2,1-5H3,(H2,19,20,21). The summed E-state index contributed by atoms with van der Waals surface area (Å²) in [7, 11) is 3.47. The number of benzene rings is 1. The van der Waals surface area contributed by atoms with Crippen LogP contribution in [0.3, 0.4) is 0 Å². The van der Waals surface area contributed by atoms with E-state index in [9.17, 15) is 0 Å². The molecule has 0 saturated heterocycles. The molecule has 0 unspecified atom stereocenters. The van der Waals surface area contributed by atoms with Crippen molar-refractivity contribution in [3.8, 4) is 5.75 Å². The van der Waals surface area contributed by atoms with Gasteiger partial charge in [0.15, 0.2) is 5.96 Å². The molecule has 130 valence electrons. The maximum absolute atomic E-state index is 5.56. The van der Waals surface area contributed by atoms with E-state index >= 15 is 0 Å². The third-order valence-electron chi connectivity index (χ3n) is 3.35. The lowest BCUT2D eigenvalue weighted by Gasteiger charge is -2.13. The predicted molar refractivity (Wildman–Crippen MR) is 96.2 cm³/mol. The first-order valence-electron chi connectivity index (χ1n) is 8.22. The molecule has 0 aliphatic heterocycles. The van der Waals surface area contributed by atoms with Crippen molar-refractivity contribution in [2.75, 3.05) is 33.9 Å². The molecule has 1 rings (SSSR count). The van der Waals surface area contributed by atoms with Crippen molar-refractivity contribution in [3.05, 3.63) is 29.3 Å². The Morgan fingerprint density at radius 2 is 2.04 bits per heavy atom. The van der Waals surface area contributed by atoms with Crippen LogP contribution in [0.4, 0.5) is 0 Å². The highest BCUT2D eigenvalue weighted by Gasteiger charge is 2.02. The number of ether oxygens (including phenoxy) is 2. The molecule has 0 saturated carbocycles. The molecule has 0 atom stereocenters. The molecule has 1 aromatic carbocycles. The van der Waals surface area contributed by atoms with Crippen molar-refractivity contribution in [2.45, 2.75) is 33.7 Å². The van der Waals surface area contributed by atoms with Crippen molar-refractivity contribution in [1.29, 1.82) is 0 Å². The fraction of sp³-hybridized carbons (Fsp3) is 0.611. The van der Waals surface area contributed by atoms with Gasteiger partial charge < -0.3 is 20.1 Å². The lowest BCUT2D eigenvalue weighted by atomic mass is 10.1. The Morgan fingerprint density at radius 1 is 1.26 bits per heavy atom. The Bertz CT molecular complexity index is 487. The Hall–Kier alpha value is -1.75. The number of nitrogens with one attached hydrogen (secondary N) is 2. The van der Waals surface area contributed by atoms with Crippen LogP contribution in [0.2, 0.25) is 0 Å². The minimum atomic E-state index is 0.588. The van der Waals surface area contributed by atoms with Gasteiger partial charge in [-0.2, -0.15) is 0 Å². The molecule has 0 amide bonds. The van der Waals surface area contributed by atoms with Crippen LogP contribution in [0.1, 0.15) is 31.4 Å². The van der Waals surface area contributed by atoms with Gasteiger partial charge in [-0.05, 0) is 36.5 Å². The van der Waals surface area contributed by atoms with Crippen molar-refractivity contribution in [1.82, 2.24) is 10.6 Å². The molecular weight excluding hydrogens is 290 g/mol. The molecule has 2 N–H and O–H groups in total. The summed E-state index contributed by atoms with van der Waals surface area (Å²) in [6.45, 7) is 9.54. The predicted octanol–water partition coefficient (Wildman–Crippen LogP) is 2.73. The summed E-state index contributed by atoms with van der Waals surface area (Å²) in [4.78, 5) is 4.23. The zero-order chi connectivity index (χ0) is 17.1. The second-order valence-electron chi connectivity index (χ2n) is 5.98. The Balaban J connectivity index is 2.27. The van der Waals surface area contributed by atoms with Crippen LogP contribution in [-0.2, 0) is 11.3 Å². The third kappa shape index (κ3) is 7.88. The van der Waals surface area contributed by atoms with E-state index in [1.54, 1.807) is 14.2 Å². The minimum Gasteiger partial charge on any atom is -0.496 e. The topological polar surface area (TPSA) is 54.9 Å². The SMILES string of the molecule is CN=C(NCCCOCC(C)C)NCc1ccc(OC)c(C)c1. The molecule has 0 heterocycles. The Kier molecular flexibility index (Phi) is 9.14. The van der Waals surface area contributed by atoms with Gasteiger partial charge in [0.1, 0.15) is 5.75 Å². The molecule has 0 spiro atoms. The summed E-state index contributed by atoms with van der Waals surface area (Å²) in [5.74, 6) is 2.31. The molecule has 0 aliphatic carbocycles. The first kappa shape index (κ1) is 19.3. The van der Waals surface area contributed by atoms with Gasteiger partial charge in [0.2, 0.25) is 0 Å². The van der Waals surface area contributed by atoms with Gasteiger partial charge in [-0.1, -0.05) is 26.0 Å². The largest absolute Gasteiger partial charge is 0.496 e. The van der Waals surface area contributed by atoms with Crippen molar-refractivity contribution in [2.24, 2.45) is 10.9 Å². The van der Waals surface area contributed by atoms with E-state index in [-0.39, 0.29) is 0 Å². The maximum Gasteiger partial charge on any atom is 0.191 e.